The van der Waals surface area contributed by atoms with Crippen molar-refractivity contribution in [2.75, 3.05) is 6.54 Å². The van der Waals surface area contributed by atoms with E-state index in [1.165, 1.54) is 25.0 Å². The second-order valence-corrected chi connectivity index (χ2v) is 4.70. The van der Waals surface area contributed by atoms with Crippen LogP contribution >= 0.6 is 0 Å². The van der Waals surface area contributed by atoms with Crippen molar-refractivity contribution in [2.45, 2.75) is 38.4 Å². The summed E-state index contributed by atoms with van der Waals surface area (Å²) in [5.41, 5.74) is 0.378. The van der Waals surface area contributed by atoms with Crippen molar-refractivity contribution in [3.8, 4) is 0 Å². The molecule has 1 fully saturated rings. The van der Waals surface area contributed by atoms with Gasteiger partial charge < -0.3 is 10.6 Å². The monoisotopic (exact) mass is 240 g/mol. The second kappa shape index (κ2) is 5.56. The first kappa shape index (κ1) is 12.5. The van der Waals surface area contributed by atoms with E-state index in [1.54, 1.807) is 0 Å². The molecule has 2 nitrogen and oxygen atoms in total. The Morgan fingerprint density at radius 1 is 1.35 bits per heavy atom. The van der Waals surface area contributed by atoms with Crippen LogP contribution in [0.25, 0.3) is 0 Å². The summed E-state index contributed by atoms with van der Waals surface area (Å²) in [6.07, 6.45) is 2.51. The van der Waals surface area contributed by atoms with Crippen molar-refractivity contribution in [1.82, 2.24) is 10.6 Å². The smallest absolute Gasteiger partial charge is 0.127 e. The molecule has 1 unspecified atom stereocenters. The molecular formula is C13H18F2N2. The summed E-state index contributed by atoms with van der Waals surface area (Å²) in [6, 6.07) is 4.46. The molecule has 1 atom stereocenters. The fourth-order valence-corrected chi connectivity index (χ4v) is 1.67. The molecule has 0 aliphatic heterocycles. The highest BCUT2D eigenvalue weighted by Crippen LogP contribution is 2.18. The summed E-state index contributed by atoms with van der Waals surface area (Å²) in [6.45, 7) is 3.26. The van der Waals surface area contributed by atoms with Crippen LogP contribution in [0.3, 0.4) is 0 Å². The zero-order valence-electron chi connectivity index (χ0n) is 9.97. The zero-order valence-corrected chi connectivity index (χ0v) is 9.97. The Labute approximate surface area is 100 Å². The molecule has 1 saturated carbocycles. The van der Waals surface area contributed by atoms with Gasteiger partial charge in [-0.25, -0.2) is 8.78 Å². The van der Waals surface area contributed by atoms with Crippen LogP contribution < -0.4 is 10.6 Å². The lowest BCUT2D eigenvalue weighted by atomic mass is 10.2. The molecule has 0 amide bonds. The van der Waals surface area contributed by atoms with Gasteiger partial charge in [-0.15, -0.1) is 0 Å². The minimum atomic E-state index is -0.396. The number of rotatable bonds is 6. The topological polar surface area (TPSA) is 24.1 Å². The number of nitrogens with one attached hydrogen (secondary N) is 2. The van der Waals surface area contributed by atoms with Crippen molar-refractivity contribution in [1.29, 1.82) is 0 Å². The maximum atomic E-state index is 13.3. The molecule has 1 aliphatic carbocycles. The molecule has 0 heterocycles. The van der Waals surface area contributed by atoms with Gasteiger partial charge in [0.2, 0.25) is 0 Å². The molecular weight excluding hydrogens is 222 g/mol. The molecule has 17 heavy (non-hydrogen) atoms. The minimum absolute atomic E-state index is 0.248. The molecule has 2 rings (SSSR count). The van der Waals surface area contributed by atoms with E-state index in [-0.39, 0.29) is 11.9 Å². The Bertz CT molecular complexity index is 378. The van der Waals surface area contributed by atoms with Gasteiger partial charge in [0.05, 0.1) is 0 Å². The highest BCUT2D eigenvalue weighted by Gasteiger charge is 2.20. The maximum absolute atomic E-state index is 13.3. The van der Waals surface area contributed by atoms with Gasteiger partial charge in [-0.05, 0) is 38.0 Å². The molecule has 1 aromatic rings. The average Bonchev–Trinajstić information content (AvgIpc) is 3.11. The average molecular weight is 240 g/mol. The Kier molecular flexibility index (Phi) is 4.07. The lowest BCUT2D eigenvalue weighted by Gasteiger charge is -2.14. The van der Waals surface area contributed by atoms with E-state index in [0.717, 1.165) is 12.6 Å². The molecule has 0 aromatic heterocycles. The lowest BCUT2D eigenvalue weighted by molar-refractivity contribution is 0.488. The Morgan fingerprint density at radius 2 is 2.12 bits per heavy atom. The summed E-state index contributed by atoms with van der Waals surface area (Å²) in [4.78, 5) is 0. The van der Waals surface area contributed by atoms with Crippen molar-refractivity contribution >= 4 is 0 Å². The molecule has 0 radical (unpaired) electrons. The lowest BCUT2D eigenvalue weighted by Crippen LogP contribution is -2.36. The van der Waals surface area contributed by atoms with Crippen molar-refractivity contribution in [3.63, 3.8) is 0 Å². The highest BCUT2D eigenvalue weighted by atomic mass is 19.1. The molecule has 0 bridgehead atoms. The fourth-order valence-electron chi connectivity index (χ4n) is 1.67. The fraction of sp³-hybridized carbons (Fsp3) is 0.538. The first-order valence-corrected chi connectivity index (χ1v) is 6.06. The summed E-state index contributed by atoms with van der Waals surface area (Å²) < 4.78 is 26.2. The van der Waals surface area contributed by atoms with E-state index in [1.807, 2.05) is 6.92 Å². The third-order valence-electron chi connectivity index (χ3n) is 2.94. The predicted octanol–water partition coefficient (Wildman–Crippen LogP) is 2.19. The molecule has 0 spiro atoms. The molecule has 0 saturated heterocycles. The van der Waals surface area contributed by atoms with E-state index >= 15 is 0 Å². The molecule has 94 valence electrons. The number of hydrogen-bond acceptors (Lipinski definition) is 2. The largest absolute Gasteiger partial charge is 0.312 e. The van der Waals surface area contributed by atoms with Crippen LogP contribution in [0, 0.1) is 11.6 Å². The van der Waals surface area contributed by atoms with Crippen molar-refractivity contribution in [2.24, 2.45) is 0 Å². The summed E-state index contributed by atoms with van der Waals surface area (Å²) >= 11 is 0. The van der Waals surface area contributed by atoms with Gasteiger partial charge in [0.15, 0.2) is 0 Å². The minimum Gasteiger partial charge on any atom is -0.312 e. The number of halogens is 2. The van der Waals surface area contributed by atoms with Gasteiger partial charge in [-0.1, -0.05) is 0 Å². The third kappa shape index (κ3) is 4.06. The van der Waals surface area contributed by atoms with E-state index in [0.29, 0.717) is 18.2 Å². The SMILES string of the molecule is CC(CNC1CC1)NCc1cc(F)ccc1F. The third-order valence-corrected chi connectivity index (χ3v) is 2.94. The van der Waals surface area contributed by atoms with Crippen LogP contribution in [0.15, 0.2) is 18.2 Å². The number of hydrogen-bond donors (Lipinski definition) is 2. The van der Waals surface area contributed by atoms with Crippen LogP contribution in [-0.4, -0.2) is 18.6 Å². The Balaban J connectivity index is 1.77. The van der Waals surface area contributed by atoms with E-state index in [4.69, 9.17) is 0 Å². The van der Waals surface area contributed by atoms with Crippen LogP contribution in [0.2, 0.25) is 0 Å². The van der Waals surface area contributed by atoms with Gasteiger partial charge in [-0.2, -0.15) is 0 Å². The number of benzene rings is 1. The Hall–Kier alpha value is -1.00. The summed E-state index contributed by atoms with van der Waals surface area (Å²) in [5.74, 6) is -0.756. The van der Waals surface area contributed by atoms with Crippen LogP contribution in [-0.2, 0) is 6.54 Å². The molecule has 4 heteroatoms. The zero-order chi connectivity index (χ0) is 12.3. The van der Waals surface area contributed by atoms with Gasteiger partial charge in [-0.3, -0.25) is 0 Å². The summed E-state index contributed by atoms with van der Waals surface area (Å²) in [7, 11) is 0. The van der Waals surface area contributed by atoms with Gasteiger partial charge >= 0.3 is 0 Å². The Morgan fingerprint density at radius 3 is 2.82 bits per heavy atom. The quantitative estimate of drug-likeness (QED) is 0.796. The van der Waals surface area contributed by atoms with Crippen LogP contribution in [0.4, 0.5) is 8.78 Å². The van der Waals surface area contributed by atoms with Gasteiger partial charge in [0.25, 0.3) is 0 Å². The maximum Gasteiger partial charge on any atom is 0.127 e. The van der Waals surface area contributed by atoms with Crippen molar-refractivity contribution < 1.29 is 8.78 Å². The van der Waals surface area contributed by atoms with Crippen molar-refractivity contribution in [3.05, 3.63) is 35.4 Å². The summed E-state index contributed by atoms with van der Waals surface area (Å²) in [5, 5.41) is 6.57. The van der Waals surface area contributed by atoms with E-state index in [9.17, 15) is 8.78 Å². The second-order valence-electron chi connectivity index (χ2n) is 4.70. The first-order chi connectivity index (χ1) is 8.15. The highest BCUT2D eigenvalue weighted by molar-refractivity contribution is 5.18. The van der Waals surface area contributed by atoms with E-state index < -0.39 is 5.82 Å². The van der Waals surface area contributed by atoms with Gasteiger partial charge in [0.1, 0.15) is 11.6 Å². The predicted molar refractivity (Wildman–Crippen MR) is 63.7 cm³/mol. The standard InChI is InChI=1S/C13H18F2N2/c1-9(7-17-12-3-4-12)16-8-10-6-11(14)2-5-13(10)15/h2,5-6,9,12,16-17H,3-4,7-8H2,1H3. The normalized spacial score (nSPS) is 17.1. The van der Waals surface area contributed by atoms with Crippen LogP contribution in [0.5, 0.6) is 0 Å². The van der Waals surface area contributed by atoms with E-state index in [2.05, 4.69) is 10.6 Å². The molecule has 1 aliphatic rings. The van der Waals surface area contributed by atoms with Gasteiger partial charge in [0, 0.05) is 30.7 Å². The molecule has 2 N–H and O–H groups in total. The molecule has 1 aromatic carbocycles. The van der Waals surface area contributed by atoms with Crippen LogP contribution in [0.1, 0.15) is 25.3 Å². The first-order valence-electron chi connectivity index (χ1n) is 6.06.